The first-order valence-corrected chi connectivity index (χ1v) is 8.94. The van der Waals surface area contributed by atoms with Crippen molar-refractivity contribution in [1.82, 2.24) is 19.1 Å². The highest BCUT2D eigenvalue weighted by Crippen LogP contribution is 2.17. The average Bonchev–Trinajstić information content (AvgIpc) is 3.04. The lowest BCUT2D eigenvalue weighted by Gasteiger charge is -2.19. The fourth-order valence-electron chi connectivity index (χ4n) is 1.96. The largest absolute Gasteiger partial charge is 0.479 e. The minimum absolute atomic E-state index is 0.0219. The van der Waals surface area contributed by atoms with Gasteiger partial charge in [0, 0.05) is 25.6 Å². The lowest BCUT2D eigenvalue weighted by molar-refractivity contribution is -0.146. The van der Waals surface area contributed by atoms with Gasteiger partial charge in [0.25, 0.3) is 0 Å². The smallest absolute Gasteiger partial charge is 0.331 e. The molecule has 26 heavy (non-hydrogen) atoms. The van der Waals surface area contributed by atoms with Gasteiger partial charge in [-0.1, -0.05) is 0 Å². The van der Waals surface area contributed by atoms with Crippen LogP contribution in [0.25, 0.3) is 0 Å². The highest BCUT2D eigenvalue weighted by molar-refractivity contribution is 7.89. The van der Waals surface area contributed by atoms with Crippen molar-refractivity contribution in [3.05, 3.63) is 36.9 Å². The minimum Gasteiger partial charge on any atom is -0.479 e. The number of likely N-dealkylation sites (N-methyl/N-ethyl adjacent to an activating group) is 1. The molecule has 140 valence electrons. The molecule has 1 amide bonds. The molecule has 0 atom stereocenters. The maximum Gasteiger partial charge on any atom is 0.331 e. The van der Waals surface area contributed by atoms with Crippen molar-refractivity contribution in [3.63, 3.8) is 0 Å². The Hall–Kier alpha value is -2.79. The van der Waals surface area contributed by atoms with Gasteiger partial charge in [-0.2, -0.15) is 9.40 Å². The first-order chi connectivity index (χ1) is 12.0. The van der Waals surface area contributed by atoms with Crippen molar-refractivity contribution in [3.8, 4) is 0 Å². The molecule has 2 rings (SSSR count). The summed E-state index contributed by atoms with van der Waals surface area (Å²) in [5, 5.41) is 15.6. The summed E-state index contributed by atoms with van der Waals surface area (Å²) in [5.41, 5.74) is -1.03. The third kappa shape index (κ3) is 4.06. The van der Waals surface area contributed by atoms with Gasteiger partial charge in [-0.3, -0.25) is 14.5 Å². The molecule has 2 heterocycles. The lowest BCUT2D eigenvalue weighted by atomic mass is 10.1. The number of carbonyl (C=O) groups is 2. The number of hydrogen-bond acceptors (Lipinski definition) is 6. The number of carboxylic acid groups (broad SMARTS) is 1. The molecule has 0 aliphatic heterocycles. The van der Waals surface area contributed by atoms with E-state index in [9.17, 15) is 23.1 Å². The van der Waals surface area contributed by atoms with E-state index >= 15 is 0 Å². The van der Waals surface area contributed by atoms with E-state index in [2.05, 4.69) is 15.4 Å². The van der Waals surface area contributed by atoms with Crippen LogP contribution in [0.15, 0.2) is 41.8 Å². The number of aliphatic carboxylic acids is 1. The van der Waals surface area contributed by atoms with Crippen molar-refractivity contribution in [2.24, 2.45) is 0 Å². The van der Waals surface area contributed by atoms with Gasteiger partial charge < -0.3 is 10.4 Å². The quantitative estimate of drug-likeness (QED) is 0.707. The second kappa shape index (κ2) is 7.22. The number of sulfonamides is 1. The molecule has 0 aliphatic rings. The Morgan fingerprint density at radius 2 is 2.04 bits per heavy atom. The molecule has 0 spiro atoms. The van der Waals surface area contributed by atoms with Gasteiger partial charge in [-0.05, 0) is 26.0 Å². The van der Waals surface area contributed by atoms with Gasteiger partial charge in [0.1, 0.15) is 4.90 Å². The average molecular weight is 381 g/mol. The summed E-state index contributed by atoms with van der Waals surface area (Å²) in [7, 11) is -2.57. The van der Waals surface area contributed by atoms with E-state index in [0.29, 0.717) is 0 Å². The van der Waals surface area contributed by atoms with Crippen LogP contribution in [0.5, 0.6) is 0 Å². The molecule has 11 heteroatoms. The standard InChI is InChI=1S/C15H19N5O5S/c1-15(2,14(22)23)20-9-11(7-17-20)18-13(21)10-19(3)26(24,25)12-5-4-6-16-8-12/h4-9H,10H2,1-3H3,(H,18,21)(H,22,23). The third-order valence-electron chi connectivity index (χ3n) is 3.67. The molecule has 0 radical (unpaired) electrons. The molecule has 0 unspecified atom stereocenters. The van der Waals surface area contributed by atoms with Gasteiger partial charge >= 0.3 is 5.97 Å². The van der Waals surface area contributed by atoms with E-state index in [1.165, 1.54) is 62.5 Å². The number of amides is 1. The van der Waals surface area contributed by atoms with Crippen LogP contribution < -0.4 is 5.32 Å². The highest BCUT2D eigenvalue weighted by atomic mass is 32.2. The van der Waals surface area contributed by atoms with Gasteiger partial charge in [0.15, 0.2) is 5.54 Å². The maximum absolute atomic E-state index is 12.4. The van der Waals surface area contributed by atoms with Crippen molar-refractivity contribution < 1.29 is 23.1 Å². The topological polar surface area (TPSA) is 134 Å². The van der Waals surface area contributed by atoms with E-state index in [1.54, 1.807) is 0 Å². The maximum atomic E-state index is 12.4. The van der Waals surface area contributed by atoms with Gasteiger partial charge in [0.05, 0.1) is 18.4 Å². The van der Waals surface area contributed by atoms with E-state index in [4.69, 9.17) is 0 Å². The van der Waals surface area contributed by atoms with Crippen molar-refractivity contribution >= 4 is 27.6 Å². The summed E-state index contributed by atoms with van der Waals surface area (Å²) in [5.74, 6) is -1.67. The summed E-state index contributed by atoms with van der Waals surface area (Å²) in [4.78, 5) is 27.1. The Morgan fingerprint density at radius 1 is 1.35 bits per heavy atom. The molecule has 0 aromatic carbocycles. The molecular formula is C15H19N5O5S. The summed E-state index contributed by atoms with van der Waals surface area (Å²) in [6.45, 7) is 2.50. The van der Waals surface area contributed by atoms with E-state index < -0.39 is 34.0 Å². The zero-order valence-corrected chi connectivity index (χ0v) is 15.3. The monoisotopic (exact) mass is 381 g/mol. The zero-order chi connectivity index (χ0) is 19.5. The Bertz CT molecular complexity index is 908. The summed E-state index contributed by atoms with van der Waals surface area (Å²) in [6.07, 6.45) is 5.30. The molecule has 0 bridgehead atoms. The number of carbonyl (C=O) groups excluding carboxylic acids is 1. The highest BCUT2D eigenvalue weighted by Gasteiger charge is 2.30. The molecule has 10 nitrogen and oxygen atoms in total. The number of nitrogens with zero attached hydrogens (tertiary/aromatic N) is 4. The predicted octanol–water partition coefficient (Wildman–Crippen LogP) is 0.357. The zero-order valence-electron chi connectivity index (χ0n) is 14.4. The van der Waals surface area contributed by atoms with E-state index in [0.717, 1.165) is 4.31 Å². The summed E-state index contributed by atoms with van der Waals surface area (Å²) >= 11 is 0. The first kappa shape index (κ1) is 19.5. The third-order valence-corrected chi connectivity index (χ3v) is 5.46. The second-order valence-corrected chi connectivity index (χ2v) is 8.08. The van der Waals surface area contributed by atoms with Gasteiger partial charge in [0.2, 0.25) is 15.9 Å². The molecule has 0 saturated carbocycles. The van der Waals surface area contributed by atoms with E-state index in [-0.39, 0.29) is 10.6 Å². The molecule has 2 aromatic rings. The SMILES string of the molecule is CN(CC(=O)Nc1cnn(C(C)(C)C(=O)O)c1)S(=O)(=O)c1cccnc1. The number of carboxylic acids is 1. The van der Waals surface area contributed by atoms with Crippen LogP contribution in [-0.4, -0.2) is 58.1 Å². The van der Waals surface area contributed by atoms with Crippen LogP contribution in [0, 0.1) is 0 Å². The number of anilines is 1. The Morgan fingerprint density at radius 3 is 2.62 bits per heavy atom. The molecule has 0 saturated heterocycles. The number of pyridine rings is 1. The van der Waals surface area contributed by atoms with Crippen molar-refractivity contribution in [2.75, 3.05) is 18.9 Å². The summed E-state index contributed by atoms with van der Waals surface area (Å²) < 4.78 is 26.8. The Labute approximate surface area is 150 Å². The van der Waals surface area contributed by atoms with Crippen LogP contribution >= 0.6 is 0 Å². The van der Waals surface area contributed by atoms with E-state index in [1.807, 2.05) is 0 Å². The Balaban J connectivity index is 2.05. The van der Waals surface area contributed by atoms with Crippen LogP contribution in [-0.2, 0) is 25.2 Å². The molecule has 0 aliphatic carbocycles. The van der Waals surface area contributed by atoms with Gasteiger partial charge in [-0.15, -0.1) is 0 Å². The molecule has 2 N–H and O–H groups in total. The lowest BCUT2D eigenvalue weighted by Crippen LogP contribution is -2.36. The number of rotatable bonds is 7. The minimum atomic E-state index is -3.84. The van der Waals surface area contributed by atoms with Crippen LogP contribution in [0.4, 0.5) is 5.69 Å². The molecule has 2 aromatic heterocycles. The first-order valence-electron chi connectivity index (χ1n) is 7.50. The number of hydrogen-bond donors (Lipinski definition) is 2. The fourth-order valence-corrected chi connectivity index (χ4v) is 3.05. The number of nitrogens with one attached hydrogen (secondary N) is 1. The second-order valence-electron chi connectivity index (χ2n) is 6.04. The number of aromatic nitrogens is 3. The molecular weight excluding hydrogens is 362 g/mol. The van der Waals surface area contributed by atoms with Crippen LogP contribution in [0.2, 0.25) is 0 Å². The van der Waals surface area contributed by atoms with Crippen LogP contribution in [0.1, 0.15) is 13.8 Å². The normalized spacial score (nSPS) is 12.2. The predicted molar refractivity (Wildman–Crippen MR) is 91.9 cm³/mol. The fraction of sp³-hybridized carbons (Fsp3) is 0.333. The van der Waals surface area contributed by atoms with Crippen molar-refractivity contribution in [2.45, 2.75) is 24.3 Å². The molecule has 0 fully saturated rings. The van der Waals surface area contributed by atoms with Crippen LogP contribution in [0.3, 0.4) is 0 Å². The van der Waals surface area contributed by atoms with Gasteiger partial charge in [-0.25, -0.2) is 13.2 Å². The summed E-state index contributed by atoms with van der Waals surface area (Å²) in [6, 6.07) is 2.87. The Kier molecular flexibility index (Phi) is 5.42. The van der Waals surface area contributed by atoms with Crippen molar-refractivity contribution in [1.29, 1.82) is 0 Å².